The lowest BCUT2D eigenvalue weighted by Crippen LogP contribution is -2.05. The number of esters is 1. The van der Waals surface area contributed by atoms with E-state index in [9.17, 15) is 4.79 Å². The molecule has 0 amide bonds. The van der Waals surface area contributed by atoms with E-state index in [1.165, 1.54) is 0 Å². The maximum atomic E-state index is 12.2. The molecule has 0 aromatic heterocycles. The Balaban J connectivity index is 1.67. The van der Waals surface area contributed by atoms with E-state index in [2.05, 4.69) is 4.99 Å². The van der Waals surface area contributed by atoms with Crippen LogP contribution in [0.5, 0.6) is 0 Å². The van der Waals surface area contributed by atoms with Crippen LogP contribution in [0.1, 0.15) is 21.5 Å². The van der Waals surface area contributed by atoms with Crippen LogP contribution >= 0.6 is 11.6 Å². The van der Waals surface area contributed by atoms with Gasteiger partial charge < -0.3 is 4.74 Å². The summed E-state index contributed by atoms with van der Waals surface area (Å²) in [6.45, 7) is 0.251. The predicted molar refractivity (Wildman–Crippen MR) is 101 cm³/mol. The van der Waals surface area contributed by atoms with Crippen LogP contribution in [0.2, 0.25) is 5.02 Å². The Hall–Kier alpha value is -2.91. The first-order valence-corrected chi connectivity index (χ1v) is 8.19. The molecule has 124 valence electrons. The zero-order chi connectivity index (χ0) is 17.5. The molecule has 0 radical (unpaired) electrons. The van der Waals surface area contributed by atoms with Crippen LogP contribution in [-0.2, 0) is 11.3 Å². The first kappa shape index (κ1) is 16.9. The average molecular weight is 350 g/mol. The van der Waals surface area contributed by atoms with Crippen molar-refractivity contribution in [3.05, 3.63) is 101 Å². The highest BCUT2D eigenvalue weighted by Crippen LogP contribution is 2.18. The fraction of sp³-hybridized carbons (Fsp3) is 0.0476. The second-order valence-electron chi connectivity index (χ2n) is 5.43. The summed E-state index contributed by atoms with van der Waals surface area (Å²) in [5.41, 5.74) is 3.01. The summed E-state index contributed by atoms with van der Waals surface area (Å²) in [4.78, 5) is 16.6. The van der Waals surface area contributed by atoms with Gasteiger partial charge in [-0.05, 0) is 41.5 Å². The van der Waals surface area contributed by atoms with Crippen molar-refractivity contribution in [1.29, 1.82) is 0 Å². The third-order valence-corrected chi connectivity index (χ3v) is 3.74. The Morgan fingerprint density at radius 3 is 2.56 bits per heavy atom. The number of benzene rings is 3. The monoisotopic (exact) mass is 349 g/mol. The molecule has 3 aromatic carbocycles. The van der Waals surface area contributed by atoms with Crippen LogP contribution in [0.4, 0.5) is 5.69 Å². The third-order valence-electron chi connectivity index (χ3n) is 3.51. The quantitative estimate of drug-likeness (QED) is 0.454. The van der Waals surface area contributed by atoms with Gasteiger partial charge in [0.15, 0.2) is 0 Å². The summed E-state index contributed by atoms with van der Waals surface area (Å²) in [6, 6.07) is 24.0. The second kappa shape index (κ2) is 8.27. The number of carbonyl (C=O) groups excluding carboxylic acids is 1. The van der Waals surface area contributed by atoms with E-state index in [0.29, 0.717) is 10.6 Å². The number of hydrogen-bond donors (Lipinski definition) is 0. The molecule has 3 aromatic rings. The summed E-state index contributed by atoms with van der Waals surface area (Å²) in [5, 5.41) is 0.632. The van der Waals surface area contributed by atoms with Gasteiger partial charge in [0.05, 0.1) is 11.3 Å². The smallest absolute Gasteiger partial charge is 0.338 e. The molecular formula is C21H16ClNO2. The van der Waals surface area contributed by atoms with Crippen molar-refractivity contribution in [2.75, 3.05) is 0 Å². The molecule has 0 aliphatic rings. The molecule has 0 fully saturated rings. The van der Waals surface area contributed by atoms with E-state index in [1.807, 2.05) is 48.5 Å². The van der Waals surface area contributed by atoms with Crippen LogP contribution in [0.15, 0.2) is 83.9 Å². The first-order chi connectivity index (χ1) is 12.2. The predicted octanol–water partition coefficient (Wildman–Crippen LogP) is 5.45. The Labute approximate surface area is 151 Å². The van der Waals surface area contributed by atoms with Gasteiger partial charge in [-0.25, -0.2) is 4.79 Å². The van der Waals surface area contributed by atoms with Crippen molar-refractivity contribution < 1.29 is 9.53 Å². The van der Waals surface area contributed by atoms with Crippen LogP contribution in [0.25, 0.3) is 0 Å². The summed E-state index contributed by atoms with van der Waals surface area (Å²) in [7, 11) is 0. The third kappa shape index (κ3) is 5.03. The standard InChI is InChI=1S/C21H16ClNO2/c22-19-10-5-11-20(13-19)23-14-17-8-4-9-18(12-17)21(24)25-15-16-6-2-1-3-7-16/h1-14H,15H2. The minimum Gasteiger partial charge on any atom is -0.457 e. The molecule has 0 unspecified atom stereocenters. The molecule has 4 heteroatoms. The van der Waals surface area contributed by atoms with Crippen molar-refractivity contribution in [3.63, 3.8) is 0 Å². The topological polar surface area (TPSA) is 38.7 Å². The Morgan fingerprint density at radius 2 is 1.76 bits per heavy atom. The molecule has 3 nitrogen and oxygen atoms in total. The van der Waals surface area contributed by atoms with Gasteiger partial charge in [-0.15, -0.1) is 0 Å². The normalized spacial score (nSPS) is 10.8. The molecule has 0 aliphatic heterocycles. The second-order valence-corrected chi connectivity index (χ2v) is 5.86. The number of hydrogen-bond acceptors (Lipinski definition) is 3. The highest BCUT2D eigenvalue weighted by molar-refractivity contribution is 6.30. The van der Waals surface area contributed by atoms with Gasteiger partial charge in [0.25, 0.3) is 0 Å². The van der Waals surface area contributed by atoms with Crippen LogP contribution in [0, 0.1) is 0 Å². The summed E-state index contributed by atoms with van der Waals surface area (Å²) >= 11 is 5.94. The number of rotatable bonds is 5. The fourth-order valence-corrected chi connectivity index (χ4v) is 2.44. The molecule has 3 rings (SSSR count). The highest BCUT2D eigenvalue weighted by atomic mass is 35.5. The lowest BCUT2D eigenvalue weighted by atomic mass is 10.1. The molecule has 0 saturated carbocycles. The van der Waals surface area contributed by atoms with E-state index < -0.39 is 0 Å². The van der Waals surface area contributed by atoms with Gasteiger partial charge in [-0.3, -0.25) is 4.99 Å². The van der Waals surface area contributed by atoms with Crippen molar-refractivity contribution in [1.82, 2.24) is 0 Å². The Kier molecular flexibility index (Phi) is 5.60. The van der Waals surface area contributed by atoms with Crippen LogP contribution < -0.4 is 0 Å². The Bertz CT molecular complexity index is 891. The first-order valence-electron chi connectivity index (χ1n) is 7.81. The fourth-order valence-electron chi connectivity index (χ4n) is 2.26. The van der Waals surface area contributed by atoms with E-state index in [0.717, 1.165) is 16.8 Å². The number of nitrogens with zero attached hydrogens (tertiary/aromatic N) is 1. The molecule has 0 atom stereocenters. The number of carbonyl (C=O) groups is 1. The Morgan fingerprint density at radius 1 is 0.960 bits per heavy atom. The lowest BCUT2D eigenvalue weighted by Gasteiger charge is -2.05. The average Bonchev–Trinajstić information content (AvgIpc) is 2.65. The molecule has 0 bridgehead atoms. The van der Waals surface area contributed by atoms with Gasteiger partial charge in [-0.2, -0.15) is 0 Å². The van der Waals surface area contributed by atoms with E-state index >= 15 is 0 Å². The summed E-state index contributed by atoms with van der Waals surface area (Å²) < 4.78 is 5.35. The van der Waals surface area contributed by atoms with Crippen molar-refractivity contribution in [2.45, 2.75) is 6.61 Å². The maximum absolute atomic E-state index is 12.2. The van der Waals surface area contributed by atoms with Crippen LogP contribution in [-0.4, -0.2) is 12.2 Å². The van der Waals surface area contributed by atoms with Crippen molar-refractivity contribution in [2.24, 2.45) is 4.99 Å². The highest BCUT2D eigenvalue weighted by Gasteiger charge is 2.07. The van der Waals surface area contributed by atoms with E-state index in [-0.39, 0.29) is 12.6 Å². The largest absolute Gasteiger partial charge is 0.457 e. The van der Waals surface area contributed by atoms with Crippen LogP contribution in [0.3, 0.4) is 0 Å². The maximum Gasteiger partial charge on any atom is 0.338 e. The van der Waals surface area contributed by atoms with Gasteiger partial charge in [0.2, 0.25) is 0 Å². The molecule has 0 aliphatic carbocycles. The van der Waals surface area contributed by atoms with Crippen molar-refractivity contribution >= 4 is 29.5 Å². The van der Waals surface area contributed by atoms with Gasteiger partial charge in [0, 0.05) is 11.2 Å². The molecule has 0 heterocycles. The zero-order valence-electron chi connectivity index (χ0n) is 13.4. The number of halogens is 1. The van der Waals surface area contributed by atoms with Gasteiger partial charge in [-0.1, -0.05) is 60.1 Å². The summed E-state index contributed by atoms with van der Waals surface area (Å²) in [6.07, 6.45) is 1.69. The zero-order valence-corrected chi connectivity index (χ0v) is 14.2. The molecule has 0 spiro atoms. The molecule has 25 heavy (non-hydrogen) atoms. The van der Waals surface area contributed by atoms with E-state index in [4.69, 9.17) is 16.3 Å². The molecule has 0 saturated heterocycles. The minimum atomic E-state index is -0.359. The lowest BCUT2D eigenvalue weighted by molar-refractivity contribution is 0.0472. The number of ether oxygens (including phenoxy) is 1. The molecular weight excluding hydrogens is 334 g/mol. The van der Waals surface area contributed by atoms with Crippen molar-refractivity contribution in [3.8, 4) is 0 Å². The summed E-state index contributed by atoms with van der Waals surface area (Å²) in [5.74, 6) is -0.359. The van der Waals surface area contributed by atoms with Gasteiger partial charge >= 0.3 is 5.97 Å². The minimum absolute atomic E-state index is 0.251. The SMILES string of the molecule is O=C(OCc1ccccc1)c1cccc(C=Nc2cccc(Cl)c2)c1. The number of aliphatic imine (C=N–C) groups is 1. The van der Waals surface area contributed by atoms with Gasteiger partial charge in [0.1, 0.15) is 6.61 Å². The van der Waals surface area contributed by atoms with E-state index in [1.54, 1.807) is 36.5 Å². The molecule has 0 N–H and O–H groups in total.